The zero-order chi connectivity index (χ0) is 12.9. The third kappa shape index (κ3) is 2.72. The van der Waals surface area contributed by atoms with E-state index < -0.39 is 8.07 Å². The lowest BCUT2D eigenvalue weighted by Crippen LogP contribution is -2.25. The van der Waals surface area contributed by atoms with Crippen molar-refractivity contribution in [3.63, 3.8) is 0 Å². The average Bonchev–Trinajstić information content (AvgIpc) is 2.51. The molecule has 4 heteroatoms. The van der Waals surface area contributed by atoms with E-state index in [0.29, 0.717) is 0 Å². The summed E-state index contributed by atoms with van der Waals surface area (Å²) in [6, 6.07) is 21.0. The summed E-state index contributed by atoms with van der Waals surface area (Å²) < 4.78 is 2.07. The molecule has 0 aliphatic carbocycles. The molecule has 0 unspecified atom stereocenters. The van der Waals surface area contributed by atoms with Crippen LogP contribution in [0, 0.1) is 0 Å². The third-order valence-corrected chi connectivity index (χ3v) is 5.11. The Morgan fingerprint density at radius 1 is 0.842 bits per heavy atom. The minimum atomic E-state index is -0.647. The lowest BCUT2D eigenvalue weighted by molar-refractivity contribution is 0.497. The molecule has 19 heavy (non-hydrogen) atoms. The monoisotopic (exact) mass is 267 g/mol. The molecule has 0 bridgehead atoms. The Morgan fingerprint density at radius 3 is 1.89 bits per heavy atom. The smallest absolute Gasteiger partial charge is 0.0764 e. The van der Waals surface area contributed by atoms with E-state index in [1.807, 2.05) is 18.2 Å². The van der Waals surface area contributed by atoms with Crippen LogP contribution in [0.3, 0.4) is 0 Å². The Bertz CT molecular complexity index is 541. The van der Waals surface area contributed by atoms with Crippen molar-refractivity contribution in [1.29, 1.82) is 0 Å². The Labute approximate surface area is 114 Å². The fourth-order valence-corrected chi connectivity index (χ4v) is 4.11. The Hall–Kier alpha value is -1.99. The molecule has 0 amide bonds. The Kier molecular flexibility index (Phi) is 3.66. The van der Waals surface area contributed by atoms with Crippen LogP contribution in [0.5, 0.6) is 0 Å². The van der Waals surface area contributed by atoms with E-state index in [2.05, 4.69) is 63.6 Å². The number of nitrogens with zero attached hydrogens (tertiary/aromatic N) is 3. The summed E-state index contributed by atoms with van der Waals surface area (Å²) in [6.45, 7) is 0.805. The molecular formula is C15H14N3P. The van der Waals surface area contributed by atoms with Crippen LogP contribution in [-0.4, -0.2) is 11.3 Å². The van der Waals surface area contributed by atoms with Crippen LogP contribution in [0.1, 0.15) is 0 Å². The predicted molar refractivity (Wildman–Crippen MR) is 79.8 cm³/mol. The van der Waals surface area contributed by atoms with Crippen LogP contribution >= 0.6 is 8.07 Å². The van der Waals surface area contributed by atoms with Gasteiger partial charge in [0.25, 0.3) is 0 Å². The summed E-state index contributed by atoms with van der Waals surface area (Å²) in [5.41, 5.74) is 0. The van der Waals surface area contributed by atoms with Crippen molar-refractivity contribution in [2.45, 2.75) is 0 Å². The summed E-state index contributed by atoms with van der Waals surface area (Å²) in [5.74, 6) is 0. The molecule has 0 spiro atoms. The maximum atomic E-state index is 4.28. The average molecular weight is 267 g/mol. The first-order chi connectivity index (χ1) is 9.45. The second-order valence-electron chi connectivity index (χ2n) is 4.13. The zero-order valence-electron chi connectivity index (χ0n) is 10.4. The molecule has 2 aromatic carbocycles. The molecule has 2 aromatic rings. The number of rotatable bonds is 3. The van der Waals surface area contributed by atoms with Gasteiger partial charge in [-0.25, -0.2) is 4.78 Å². The highest BCUT2D eigenvalue weighted by Crippen LogP contribution is 2.39. The molecule has 0 fully saturated rings. The van der Waals surface area contributed by atoms with E-state index in [-0.39, 0.29) is 0 Å². The minimum Gasteiger partial charge on any atom is -0.245 e. The molecule has 0 N–H and O–H groups in total. The first-order valence-electron chi connectivity index (χ1n) is 6.18. The predicted octanol–water partition coefficient (Wildman–Crippen LogP) is 3.23. The summed E-state index contributed by atoms with van der Waals surface area (Å²) >= 11 is 0. The molecule has 0 saturated heterocycles. The van der Waals surface area contributed by atoms with Gasteiger partial charge in [0.1, 0.15) is 0 Å². The van der Waals surface area contributed by atoms with Gasteiger partial charge in [0, 0.05) is 16.8 Å². The van der Waals surface area contributed by atoms with Crippen LogP contribution in [-0.2, 0) is 0 Å². The summed E-state index contributed by atoms with van der Waals surface area (Å²) in [4.78, 5) is 0. The van der Waals surface area contributed by atoms with Crippen molar-refractivity contribution in [1.82, 2.24) is 4.78 Å². The number of hydrogen-bond donors (Lipinski definition) is 0. The summed E-state index contributed by atoms with van der Waals surface area (Å²) in [7, 11) is -0.647. The Morgan fingerprint density at radius 2 is 1.42 bits per heavy atom. The maximum Gasteiger partial charge on any atom is 0.0764 e. The molecule has 1 aliphatic heterocycles. The lowest BCUT2D eigenvalue weighted by atomic mass is 10.4. The van der Waals surface area contributed by atoms with E-state index >= 15 is 0 Å². The maximum absolute atomic E-state index is 4.28. The first kappa shape index (κ1) is 12.1. The minimum absolute atomic E-state index is 0.647. The standard InChI is InChI=1S/C15H14N3P/c1-3-8-14(9-4-1)19(15-10-5-2-6-11-15)18-13-7-12-16-17-18/h1-12H,13H2. The second kappa shape index (κ2) is 5.77. The first-order valence-corrected chi connectivity index (χ1v) is 7.48. The van der Waals surface area contributed by atoms with Crippen LogP contribution in [0.25, 0.3) is 0 Å². The second-order valence-corrected chi connectivity index (χ2v) is 6.25. The highest BCUT2D eigenvalue weighted by molar-refractivity contribution is 7.70. The van der Waals surface area contributed by atoms with E-state index in [0.717, 1.165) is 6.54 Å². The van der Waals surface area contributed by atoms with Crippen LogP contribution in [0.15, 0.2) is 83.3 Å². The van der Waals surface area contributed by atoms with E-state index in [9.17, 15) is 0 Å². The van der Waals surface area contributed by atoms with E-state index in [1.165, 1.54) is 10.6 Å². The van der Waals surface area contributed by atoms with E-state index in [4.69, 9.17) is 0 Å². The van der Waals surface area contributed by atoms with Crippen molar-refractivity contribution < 1.29 is 0 Å². The molecule has 0 saturated carbocycles. The van der Waals surface area contributed by atoms with Crippen molar-refractivity contribution in [2.24, 2.45) is 10.3 Å². The zero-order valence-corrected chi connectivity index (χ0v) is 11.3. The molecule has 0 radical (unpaired) electrons. The van der Waals surface area contributed by atoms with Gasteiger partial charge in [0.15, 0.2) is 0 Å². The largest absolute Gasteiger partial charge is 0.245 e. The van der Waals surface area contributed by atoms with Gasteiger partial charge in [-0.1, -0.05) is 65.9 Å². The summed E-state index contributed by atoms with van der Waals surface area (Å²) in [5, 5.41) is 10.9. The van der Waals surface area contributed by atoms with Crippen molar-refractivity contribution in [3.05, 3.63) is 72.9 Å². The van der Waals surface area contributed by atoms with Gasteiger partial charge in [0.05, 0.1) is 14.6 Å². The van der Waals surface area contributed by atoms with E-state index in [1.54, 1.807) is 6.20 Å². The molecule has 3 rings (SSSR count). The SMILES string of the molecule is C1=CN=NN(P(c2ccccc2)c2ccccc2)C1. The molecule has 3 nitrogen and oxygen atoms in total. The van der Waals surface area contributed by atoms with Gasteiger partial charge in [-0.3, -0.25) is 0 Å². The highest BCUT2D eigenvalue weighted by atomic mass is 31.1. The Balaban J connectivity index is 2.01. The fraction of sp³-hybridized carbons (Fsp3) is 0.0667. The molecule has 94 valence electrons. The quantitative estimate of drug-likeness (QED) is 0.785. The molecule has 0 aromatic heterocycles. The normalized spacial score (nSPS) is 14.1. The van der Waals surface area contributed by atoms with Gasteiger partial charge in [-0.15, -0.1) is 5.11 Å². The molecule has 0 atom stereocenters. The van der Waals surface area contributed by atoms with Gasteiger partial charge < -0.3 is 0 Å². The van der Waals surface area contributed by atoms with Crippen molar-refractivity contribution in [2.75, 3.05) is 6.54 Å². The summed E-state index contributed by atoms with van der Waals surface area (Å²) in [6.07, 6.45) is 3.79. The number of hydrogen-bond acceptors (Lipinski definition) is 3. The molecular weight excluding hydrogens is 253 g/mol. The molecule has 1 heterocycles. The van der Waals surface area contributed by atoms with Gasteiger partial charge in [-0.05, 0) is 6.08 Å². The van der Waals surface area contributed by atoms with Crippen LogP contribution in [0.2, 0.25) is 0 Å². The highest BCUT2D eigenvalue weighted by Gasteiger charge is 2.21. The van der Waals surface area contributed by atoms with Crippen LogP contribution in [0.4, 0.5) is 0 Å². The topological polar surface area (TPSA) is 28.0 Å². The fourth-order valence-electron chi connectivity index (χ4n) is 1.99. The molecule has 1 aliphatic rings. The number of benzene rings is 2. The van der Waals surface area contributed by atoms with Gasteiger partial charge >= 0.3 is 0 Å². The lowest BCUT2D eigenvalue weighted by Gasteiger charge is -2.28. The van der Waals surface area contributed by atoms with Crippen molar-refractivity contribution in [3.8, 4) is 0 Å². The van der Waals surface area contributed by atoms with Crippen LogP contribution < -0.4 is 10.6 Å². The van der Waals surface area contributed by atoms with Gasteiger partial charge in [0.2, 0.25) is 0 Å². The third-order valence-electron chi connectivity index (χ3n) is 2.83. The van der Waals surface area contributed by atoms with Gasteiger partial charge in [-0.2, -0.15) is 0 Å². The van der Waals surface area contributed by atoms with Crippen molar-refractivity contribution >= 4 is 18.7 Å².